The Kier molecular flexibility index (Phi) is 7.33. The van der Waals surface area contributed by atoms with Gasteiger partial charge in [-0.3, -0.25) is 4.79 Å². The number of unbranched alkanes of at least 4 members (excludes halogenated alkanes) is 2. The zero-order valence-corrected chi connectivity index (χ0v) is 11.9. The average Bonchev–Trinajstić information content (AvgIpc) is 2.24. The fourth-order valence-electron chi connectivity index (χ4n) is 1.22. The summed E-state index contributed by atoms with van der Waals surface area (Å²) < 4.78 is 25.3. The van der Waals surface area contributed by atoms with Crippen LogP contribution in [0, 0.1) is 0 Å². The molecule has 0 atom stereocenters. The lowest BCUT2D eigenvalue weighted by molar-refractivity contribution is -0.121. The monoisotopic (exact) mass is 265 g/mol. The molecule has 0 aromatic rings. The van der Waals surface area contributed by atoms with Gasteiger partial charge in [0.15, 0.2) is 0 Å². The Balaban J connectivity index is 4.05. The van der Waals surface area contributed by atoms with Crippen molar-refractivity contribution >= 4 is 16.1 Å². The van der Waals surface area contributed by atoms with Crippen LogP contribution in [0.3, 0.4) is 0 Å². The van der Waals surface area contributed by atoms with Crippen LogP contribution in [0.15, 0.2) is 0 Å². The summed E-state index contributed by atoms with van der Waals surface area (Å²) in [6, 6.07) is 0. The molecule has 0 unspecified atom stereocenters. The first-order valence-corrected chi connectivity index (χ1v) is 7.12. The van der Waals surface area contributed by atoms with E-state index >= 15 is 0 Å². The predicted octanol–water partition coefficient (Wildman–Crippen LogP) is 0.0310. The highest BCUT2D eigenvalue weighted by Gasteiger charge is 2.22. The summed E-state index contributed by atoms with van der Waals surface area (Å²) in [5, 5.41) is 2.70. The van der Waals surface area contributed by atoms with Gasteiger partial charge in [0.1, 0.15) is 0 Å². The van der Waals surface area contributed by atoms with E-state index in [9.17, 15) is 13.2 Å². The van der Waals surface area contributed by atoms with Crippen LogP contribution in [0.4, 0.5) is 0 Å². The minimum absolute atomic E-state index is 0.146. The Morgan fingerprint density at radius 3 is 2.24 bits per heavy atom. The SMILES string of the molecule is CCCCCNC(=O)CN(C)S(=O)(=O)N(C)C. The number of likely N-dealkylation sites (N-methyl/N-ethyl adjacent to an activating group) is 1. The second-order valence-electron chi connectivity index (χ2n) is 4.10. The molecule has 0 aliphatic heterocycles. The van der Waals surface area contributed by atoms with E-state index in [1.54, 1.807) is 0 Å². The van der Waals surface area contributed by atoms with Crippen molar-refractivity contribution in [2.45, 2.75) is 26.2 Å². The second kappa shape index (κ2) is 7.62. The molecule has 7 heteroatoms. The van der Waals surface area contributed by atoms with E-state index in [0.717, 1.165) is 27.9 Å². The van der Waals surface area contributed by atoms with Crippen molar-refractivity contribution in [3.8, 4) is 0 Å². The van der Waals surface area contributed by atoms with Crippen molar-refractivity contribution in [2.24, 2.45) is 0 Å². The van der Waals surface area contributed by atoms with Gasteiger partial charge in [-0.15, -0.1) is 0 Å². The molecule has 0 radical (unpaired) electrons. The number of hydrogen-bond acceptors (Lipinski definition) is 3. The van der Waals surface area contributed by atoms with Crippen LogP contribution in [0.2, 0.25) is 0 Å². The summed E-state index contributed by atoms with van der Waals surface area (Å²) in [4.78, 5) is 11.5. The molecule has 0 spiro atoms. The number of amides is 1. The summed E-state index contributed by atoms with van der Waals surface area (Å²) in [6.45, 7) is 2.54. The molecule has 102 valence electrons. The minimum Gasteiger partial charge on any atom is -0.355 e. The number of hydrogen-bond donors (Lipinski definition) is 1. The van der Waals surface area contributed by atoms with Crippen molar-refractivity contribution in [1.29, 1.82) is 0 Å². The Morgan fingerprint density at radius 1 is 1.18 bits per heavy atom. The van der Waals surface area contributed by atoms with E-state index in [0.29, 0.717) is 6.54 Å². The lowest BCUT2D eigenvalue weighted by atomic mass is 10.2. The van der Waals surface area contributed by atoms with E-state index in [2.05, 4.69) is 12.2 Å². The Bertz CT molecular complexity index is 328. The molecule has 1 amide bonds. The summed E-state index contributed by atoms with van der Waals surface area (Å²) in [6.07, 6.45) is 3.07. The lowest BCUT2D eigenvalue weighted by Crippen LogP contribution is -2.43. The van der Waals surface area contributed by atoms with Gasteiger partial charge in [0.05, 0.1) is 6.54 Å². The standard InChI is InChI=1S/C10H23N3O3S/c1-5-6-7-8-11-10(14)9-13(4)17(15,16)12(2)3/h5-9H2,1-4H3,(H,11,14). The first-order valence-electron chi connectivity index (χ1n) is 5.72. The van der Waals surface area contributed by atoms with Crippen molar-refractivity contribution < 1.29 is 13.2 Å². The third-order valence-corrected chi connectivity index (χ3v) is 4.16. The number of rotatable bonds is 8. The molecule has 0 rings (SSSR count). The lowest BCUT2D eigenvalue weighted by Gasteiger charge is -2.20. The number of nitrogens with one attached hydrogen (secondary N) is 1. The van der Waals surface area contributed by atoms with Gasteiger partial charge in [0.25, 0.3) is 10.2 Å². The third kappa shape index (κ3) is 5.99. The fraction of sp³-hybridized carbons (Fsp3) is 0.900. The largest absolute Gasteiger partial charge is 0.355 e. The van der Waals surface area contributed by atoms with Gasteiger partial charge < -0.3 is 5.32 Å². The molecule has 17 heavy (non-hydrogen) atoms. The highest BCUT2D eigenvalue weighted by atomic mass is 32.2. The summed E-state index contributed by atoms with van der Waals surface area (Å²) >= 11 is 0. The number of carbonyl (C=O) groups excluding carboxylic acids is 1. The van der Waals surface area contributed by atoms with Crippen LogP contribution in [-0.4, -0.2) is 57.2 Å². The Hall–Kier alpha value is -0.660. The van der Waals surface area contributed by atoms with Crippen molar-refractivity contribution in [1.82, 2.24) is 13.9 Å². The van der Waals surface area contributed by atoms with Crippen LogP contribution in [-0.2, 0) is 15.0 Å². The van der Waals surface area contributed by atoms with E-state index in [-0.39, 0.29) is 12.5 Å². The highest BCUT2D eigenvalue weighted by molar-refractivity contribution is 7.86. The number of nitrogens with zero attached hydrogens (tertiary/aromatic N) is 2. The van der Waals surface area contributed by atoms with Gasteiger partial charge in [0.2, 0.25) is 5.91 Å². The predicted molar refractivity (Wildman–Crippen MR) is 67.8 cm³/mol. The van der Waals surface area contributed by atoms with E-state index in [1.807, 2.05) is 0 Å². The van der Waals surface area contributed by atoms with E-state index in [1.165, 1.54) is 21.1 Å². The van der Waals surface area contributed by atoms with Crippen molar-refractivity contribution in [3.63, 3.8) is 0 Å². The van der Waals surface area contributed by atoms with Gasteiger partial charge in [-0.1, -0.05) is 19.8 Å². The molecule has 0 aliphatic rings. The normalized spacial score (nSPS) is 12.1. The Morgan fingerprint density at radius 2 is 1.76 bits per heavy atom. The zero-order chi connectivity index (χ0) is 13.5. The molecule has 0 heterocycles. The molecule has 0 aromatic heterocycles. The molecule has 0 aromatic carbocycles. The smallest absolute Gasteiger partial charge is 0.281 e. The second-order valence-corrected chi connectivity index (χ2v) is 6.35. The van der Waals surface area contributed by atoms with Crippen LogP contribution in [0.25, 0.3) is 0 Å². The van der Waals surface area contributed by atoms with E-state index < -0.39 is 10.2 Å². The molecule has 0 saturated carbocycles. The quantitative estimate of drug-likeness (QED) is 0.630. The summed E-state index contributed by atoms with van der Waals surface area (Å²) in [7, 11) is 0.759. The maximum atomic E-state index is 11.6. The van der Waals surface area contributed by atoms with Gasteiger partial charge in [0, 0.05) is 27.7 Å². The van der Waals surface area contributed by atoms with Crippen molar-refractivity contribution in [3.05, 3.63) is 0 Å². The molecular formula is C10H23N3O3S. The Labute approximate surface area is 104 Å². The molecule has 0 saturated heterocycles. The first kappa shape index (κ1) is 16.3. The average molecular weight is 265 g/mol. The minimum atomic E-state index is -3.50. The fourth-order valence-corrected chi connectivity index (χ4v) is 2.06. The third-order valence-electron chi connectivity index (χ3n) is 2.32. The topological polar surface area (TPSA) is 69.7 Å². The maximum Gasteiger partial charge on any atom is 0.281 e. The first-order chi connectivity index (χ1) is 7.82. The summed E-state index contributed by atoms with van der Waals surface area (Å²) in [5.74, 6) is -0.269. The molecule has 6 nitrogen and oxygen atoms in total. The van der Waals surface area contributed by atoms with Gasteiger partial charge >= 0.3 is 0 Å². The summed E-state index contributed by atoms with van der Waals surface area (Å²) in [5.41, 5.74) is 0. The zero-order valence-electron chi connectivity index (χ0n) is 11.1. The molecule has 0 aliphatic carbocycles. The van der Waals surface area contributed by atoms with Crippen LogP contribution in [0.1, 0.15) is 26.2 Å². The molecule has 0 bridgehead atoms. The van der Waals surface area contributed by atoms with Gasteiger partial charge in [-0.25, -0.2) is 0 Å². The van der Waals surface area contributed by atoms with Crippen LogP contribution >= 0.6 is 0 Å². The van der Waals surface area contributed by atoms with Crippen LogP contribution < -0.4 is 5.32 Å². The highest BCUT2D eigenvalue weighted by Crippen LogP contribution is 2.00. The van der Waals surface area contributed by atoms with Crippen LogP contribution in [0.5, 0.6) is 0 Å². The number of carbonyl (C=O) groups is 1. The van der Waals surface area contributed by atoms with Crippen molar-refractivity contribution in [2.75, 3.05) is 34.2 Å². The maximum absolute atomic E-state index is 11.6. The van der Waals surface area contributed by atoms with E-state index in [4.69, 9.17) is 0 Å². The van der Waals surface area contributed by atoms with Gasteiger partial charge in [-0.2, -0.15) is 17.0 Å². The van der Waals surface area contributed by atoms with Gasteiger partial charge in [-0.05, 0) is 6.42 Å². The molecular weight excluding hydrogens is 242 g/mol. The molecule has 0 fully saturated rings. The molecule has 1 N–H and O–H groups in total.